The zero-order valence-corrected chi connectivity index (χ0v) is 12.3. The third-order valence-corrected chi connectivity index (χ3v) is 3.44. The maximum absolute atomic E-state index is 12.2. The molecular formula is C14H14N6O3. The summed E-state index contributed by atoms with van der Waals surface area (Å²) in [4.78, 5) is 24.9. The molecule has 2 N–H and O–H groups in total. The van der Waals surface area contributed by atoms with Gasteiger partial charge < -0.3 is 10.4 Å². The molecule has 3 rings (SSSR count). The summed E-state index contributed by atoms with van der Waals surface area (Å²) in [6, 6.07) is 5.47. The predicted octanol–water partition coefficient (Wildman–Crippen LogP) is -0.372. The van der Waals surface area contributed by atoms with E-state index in [4.69, 9.17) is 5.11 Å². The molecule has 0 unspecified atom stereocenters. The van der Waals surface area contributed by atoms with Crippen molar-refractivity contribution in [3.05, 3.63) is 41.9 Å². The highest BCUT2D eigenvalue weighted by Gasteiger charge is 2.30. The van der Waals surface area contributed by atoms with Crippen molar-refractivity contribution in [3.63, 3.8) is 0 Å². The van der Waals surface area contributed by atoms with Gasteiger partial charge in [0.1, 0.15) is 12.0 Å². The summed E-state index contributed by atoms with van der Waals surface area (Å²) >= 11 is 0. The molecule has 2 amide bonds. The molecule has 118 valence electrons. The third kappa shape index (κ3) is 2.81. The first-order chi connectivity index (χ1) is 11.1. The van der Waals surface area contributed by atoms with Crippen LogP contribution in [0.2, 0.25) is 0 Å². The van der Waals surface area contributed by atoms with Crippen LogP contribution in [0.25, 0.3) is 5.69 Å². The van der Waals surface area contributed by atoms with E-state index in [0.717, 1.165) is 10.5 Å². The molecule has 1 aliphatic rings. The lowest BCUT2D eigenvalue weighted by atomic mass is 10.1. The molecule has 1 aliphatic heterocycles. The average molecular weight is 314 g/mol. The van der Waals surface area contributed by atoms with E-state index in [9.17, 15) is 9.59 Å². The quantitative estimate of drug-likeness (QED) is 0.724. The summed E-state index contributed by atoms with van der Waals surface area (Å²) < 4.78 is 1.48. The van der Waals surface area contributed by atoms with E-state index >= 15 is 0 Å². The molecule has 9 nitrogen and oxygen atoms in total. The molecule has 1 aromatic heterocycles. The lowest BCUT2D eigenvalue weighted by Crippen LogP contribution is -2.34. The van der Waals surface area contributed by atoms with Gasteiger partial charge >= 0.3 is 0 Å². The maximum Gasteiger partial charge on any atom is 0.277 e. The van der Waals surface area contributed by atoms with Crippen LogP contribution in [0.1, 0.15) is 5.56 Å². The summed E-state index contributed by atoms with van der Waals surface area (Å²) in [6.07, 6.45) is 2.68. The topological polar surface area (TPSA) is 113 Å². The molecule has 23 heavy (non-hydrogen) atoms. The van der Waals surface area contributed by atoms with Crippen LogP contribution < -0.4 is 5.32 Å². The Labute approximate surface area is 131 Å². The van der Waals surface area contributed by atoms with Gasteiger partial charge in [0.2, 0.25) is 0 Å². The number of amides is 2. The van der Waals surface area contributed by atoms with E-state index in [1.807, 2.05) is 19.1 Å². The Morgan fingerprint density at radius 2 is 2.13 bits per heavy atom. The maximum atomic E-state index is 12.2. The van der Waals surface area contributed by atoms with Crippen molar-refractivity contribution in [3.8, 4) is 5.69 Å². The molecule has 9 heteroatoms. The zero-order valence-electron chi connectivity index (χ0n) is 12.3. The van der Waals surface area contributed by atoms with E-state index in [1.54, 1.807) is 6.07 Å². The molecule has 0 atom stereocenters. The summed E-state index contributed by atoms with van der Waals surface area (Å²) in [5.74, 6) is -0.905. The van der Waals surface area contributed by atoms with Gasteiger partial charge in [-0.2, -0.15) is 0 Å². The fraction of sp³-hybridized carbons (Fsp3) is 0.214. The number of carbonyl (C=O) groups excluding carboxylic acids is 2. The standard InChI is InChI=1S/C14H14N6O3/c1-9-2-3-10(20-8-15-17-18-20)6-11(9)16-12-7-13(22)19(4-5-21)14(12)23/h2-3,6-8,16,21H,4-5H2,1H3. The van der Waals surface area contributed by atoms with Crippen molar-refractivity contribution in [2.24, 2.45) is 0 Å². The van der Waals surface area contributed by atoms with E-state index in [1.165, 1.54) is 17.1 Å². The number of aryl methyl sites for hydroxylation is 1. The number of hydrogen-bond acceptors (Lipinski definition) is 7. The zero-order chi connectivity index (χ0) is 16.4. The minimum atomic E-state index is -0.462. The first-order valence-electron chi connectivity index (χ1n) is 6.89. The second kappa shape index (κ2) is 5.97. The Hall–Kier alpha value is -3.07. The van der Waals surface area contributed by atoms with Gasteiger partial charge in [-0.15, -0.1) is 5.10 Å². The van der Waals surface area contributed by atoms with Crippen LogP contribution in [0.3, 0.4) is 0 Å². The van der Waals surface area contributed by atoms with Gasteiger partial charge in [-0.1, -0.05) is 6.07 Å². The minimum Gasteiger partial charge on any atom is -0.395 e. The highest BCUT2D eigenvalue weighted by atomic mass is 16.3. The molecule has 0 bridgehead atoms. The van der Waals surface area contributed by atoms with Crippen LogP contribution in [0, 0.1) is 6.92 Å². The van der Waals surface area contributed by atoms with Gasteiger partial charge in [-0.05, 0) is 35.0 Å². The number of β-amino-alcohol motifs (C(OH)–C–C–N with tert-alkyl or cyclic N) is 1. The molecular weight excluding hydrogens is 300 g/mol. The Morgan fingerprint density at radius 3 is 2.83 bits per heavy atom. The number of nitrogens with one attached hydrogen (secondary N) is 1. The fourth-order valence-electron chi connectivity index (χ4n) is 2.22. The van der Waals surface area contributed by atoms with E-state index in [2.05, 4.69) is 20.8 Å². The summed E-state index contributed by atoms with van der Waals surface area (Å²) in [5, 5.41) is 22.8. The second-order valence-electron chi connectivity index (χ2n) is 4.96. The highest BCUT2D eigenvalue weighted by molar-refractivity contribution is 6.17. The second-order valence-corrected chi connectivity index (χ2v) is 4.96. The lowest BCUT2D eigenvalue weighted by Gasteiger charge is -2.14. The van der Waals surface area contributed by atoms with E-state index < -0.39 is 11.8 Å². The number of nitrogens with zero attached hydrogens (tertiary/aromatic N) is 5. The minimum absolute atomic E-state index is 0.0248. The van der Waals surface area contributed by atoms with Gasteiger partial charge in [-0.25, -0.2) is 4.68 Å². The SMILES string of the molecule is Cc1ccc(-n2cnnn2)cc1NC1=CC(=O)N(CCO)C1=O. The number of imide groups is 1. The Balaban J connectivity index is 1.86. The molecule has 0 spiro atoms. The van der Waals surface area contributed by atoms with Crippen molar-refractivity contribution in [2.75, 3.05) is 18.5 Å². The summed E-state index contributed by atoms with van der Waals surface area (Å²) in [6.45, 7) is 1.58. The monoisotopic (exact) mass is 314 g/mol. The number of aliphatic hydroxyl groups is 1. The molecule has 2 aromatic rings. The van der Waals surface area contributed by atoms with Gasteiger partial charge in [-0.3, -0.25) is 14.5 Å². The van der Waals surface area contributed by atoms with Gasteiger partial charge in [0.25, 0.3) is 11.8 Å². The summed E-state index contributed by atoms with van der Waals surface area (Å²) in [5.41, 5.74) is 2.44. The number of anilines is 1. The number of hydrogen-bond donors (Lipinski definition) is 2. The van der Waals surface area contributed by atoms with Crippen LogP contribution in [0.4, 0.5) is 5.69 Å². The largest absolute Gasteiger partial charge is 0.395 e. The van der Waals surface area contributed by atoms with E-state index in [-0.39, 0.29) is 18.8 Å². The van der Waals surface area contributed by atoms with Crippen LogP contribution in [0.15, 0.2) is 36.3 Å². The summed E-state index contributed by atoms with van der Waals surface area (Å²) in [7, 11) is 0. The van der Waals surface area contributed by atoms with Gasteiger partial charge in [0.05, 0.1) is 18.8 Å². The van der Waals surface area contributed by atoms with Crippen LogP contribution in [-0.2, 0) is 9.59 Å². The Kier molecular flexibility index (Phi) is 3.85. The number of tetrazole rings is 1. The fourth-order valence-corrected chi connectivity index (χ4v) is 2.22. The molecule has 0 saturated heterocycles. The predicted molar refractivity (Wildman–Crippen MR) is 79.4 cm³/mol. The normalized spacial score (nSPS) is 14.3. The third-order valence-electron chi connectivity index (χ3n) is 3.44. The Morgan fingerprint density at radius 1 is 1.30 bits per heavy atom. The first-order valence-corrected chi connectivity index (χ1v) is 6.89. The number of benzene rings is 1. The smallest absolute Gasteiger partial charge is 0.277 e. The molecule has 1 aromatic carbocycles. The number of rotatable bonds is 5. The van der Waals surface area contributed by atoms with Crippen LogP contribution in [0.5, 0.6) is 0 Å². The number of carbonyl (C=O) groups is 2. The van der Waals surface area contributed by atoms with Crippen LogP contribution >= 0.6 is 0 Å². The van der Waals surface area contributed by atoms with Crippen molar-refractivity contribution >= 4 is 17.5 Å². The molecule has 2 heterocycles. The van der Waals surface area contributed by atoms with Crippen LogP contribution in [-0.4, -0.2) is 55.2 Å². The van der Waals surface area contributed by atoms with Crippen molar-refractivity contribution in [1.82, 2.24) is 25.1 Å². The number of aromatic nitrogens is 4. The first kappa shape index (κ1) is 14.9. The van der Waals surface area contributed by atoms with Crippen molar-refractivity contribution in [1.29, 1.82) is 0 Å². The molecule has 0 saturated carbocycles. The highest BCUT2D eigenvalue weighted by Crippen LogP contribution is 2.23. The van der Waals surface area contributed by atoms with Crippen molar-refractivity contribution in [2.45, 2.75) is 6.92 Å². The lowest BCUT2D eigenvalue weighted by molar-refractivity contribution is -0.137. The van der Waals surface area contributed by atoms with Gasteiger partial charge in [0.15, 0.2) is 0 Å². The van der Waals surface area contributed by atoms with Gasteiger partial charge in [0, 0.05) is 11.8 Å². The van der Waals surface area contributed by atoms with E-state index in [0.29, 0.717) is 11.4 Å². The molecule has 0 radical (unpaired) electrons. The van der Waals surface area contributed by atoms with Crippen molar-refractivity contribution < 1.29 is 14.7 Å². The average Bonchev–Trinajstić information content (AvgIpc) is 3.15. The molecule has 0 aliphatic carbocycles. The molecule has 0 fully saturated rings. The number of aliphatic hydroxyl groups excluding tert-OH is 1. The Bertz CT molecular complexity index is 784.